The second-order valence-corrected chi connectivity index (χ2v) is 12.5. The summed E-state index contributed by atoms with van der Waals surface area (Å²) in [7, 11) is -1.88. The van der Waals surface area contributed by atoms with Gasteiger partial charge in [0.05, 0.1) is 17.2 Å². The molecule has 6 nitrogen and oxygen atoms in total. The van der Waals surface area contributed by atoms with Gasteiger partial charge in [0.25, 0.3) is 5.69 Å². The van der Waals surface area contributed by atoms with Gasteiger partial charge in [0.15, 0.2) is 8.32 Å². The number of hydrogen-bond acceptors (Lipinski definition) is 4. The number of nitro benzene ring substituents is 1. The van der Waals surface area contributed by atoms with E-state index in [1.54, 1.807) is 11.0 Å². The Kier molecular flexibility index (Phi) is 5.15. The fourth-order valence-electron chi connectivity index (χ4n) is 2.49. The zero-order valence-electron chi connectivity index (χ0n) is 15.1. The Morgan fingerprint density at radius 1 is 1.29 bits per heavy atom. The number of amides is 1. The van der Waals surface area contributed by atoms with E-state index in [0.29, 0.717) is 31.7 Å². The topological polar surface area (TPSA) is 72.7 Å². The van der Waals surface area contributed by atoms with Gasteiger partial charge in [-0.1, -0.05) is 26.8 Å². The summed E-state index contributed by atoms with van der Waals surface area (Å²) in [6.45, 7) is 11.7. The molecule has 7 heteroatoms. The molecule has 0 fully saturated rings. The first kappa shape index (κ1) is 18.6. The van der Waals surface area contributed by atoms with E-state index in [-0.39, 0.29) is 16.6 Å². The highest BCUT2D eigenvalue weighted by Gasteiger charge is 2.37. The van der Waals surface area contributed by atoms with E-state index in [1.807, 2.05) is 0 Å². The normalized spacial score (nSPS) is 15.4. The first-order chi connectivity index (χ1) is 11.0. The van der Waals surface area contributed by atoms with Crippen LogP contribution in [0.25, 0.3) is 0 Å². The Morgan fingerprint density at radius 3 is 2.54 bits per heavy atom. The van der Waals surface area contributed by atoms with Crippen molar-refractivity contribution in [2.75, 3.05) is 18.1 Å². The standard InChI is InChI=1S/C17H26N2O4Si/c1-17(2,3)24(4,5)23-11-10-18-15-12-14(19(21)22)8-6-13(15)7-9-16(18)20/h6,8,12H,7,9-11H2,1-5H3. The number of benzene rings is 1. The molecule has 0 saturated carbocycles. The molecule has 132 valence electrons. The van der Waals surface area contributed by atoms with Crippen LogP contribution in [-0.2, 0) is 15.6 Å². The van der Waals surface area contributed by atoms with Crippen molar-refractivity contribution in [2.45, 2.75) is 51.7 Å². The molecule has 1 aliphatic heterocycles. The van der Waals surface area contributed by atoms with Gasteiger partial charge in [0.2, 0.25) is 5.91 Å². The molecule has 0 aliphatic carbocycles. The highest BCUT2D eigenvalue weighted by molar-refractivity contribution is 6.74. The van der Waals surface area contributed by atoms with Crippen LogP contribution in [-0.4, -0.2) is 32.3 Å². The number of nitro groups is 1. The molecule has 0 bridgehead atoms. The average Bonchev–Trinajstić information content (AvgIpc) is 2.47. The van der Waals surface area contributed by atoms with Gasteiger partial charge in [0, 0.05) is 25.1 Å². The highest BCUT2D eigenvalue weighted by Crippen LogP contribution is 2.37. The van der Waals surface area contributed by atoms with Crippen molar-refractivity contribution in [1.82, 2.24) is 0 Å². The van der Waals surface area contributed by atoms with Gasteiger partial charge in [-0.05, 0) is 30.1 Å². The quantitative estimate of drug-likeness (QED) is 0.459. The van der Waals surface area contributed by atoms with E-state index in [4.69, 9.17) is 4.43 Å². The molecule has 1 heterocycles. The molecule has 0 unspecified atom stereocenters. The minimum atomic E-state index is -1.88. The van der Waals surface area contributed by atoms with E-state index in [9.17, 15) is 14.9 Å². The molecule has 0 saturated heterocycles. The van der Waals surface area contributed by atoms with Gasteiger partial charge in [-0.3, -0.25) is 14.9 Å². The summed E-state index contributed by atoms with van der Waals surface area (Å²) in [6.07, 6.45) is 1.07. The lowest BCUT2D eigenvalue weighted by Gasteiger charge is -2.37. The predicted octanol–water partition coefficient (Wildman–Crippen LogP) is 3.90. The van der Waals surface area contributed by atoms with Crippen LogP contribution >= 0.6 is 0 Å². The Labute approximate surface area is 144 Å². The summed E-state index contributed by atoms with van der Waals surface area (Å²) in [5.74, 6) is 0.00169. The highest BCUT2D eigenvalue weighted by atomic mass is 28.4. The molecule has 0 atom stereocenters. The van der Waals surface area contributed by atoms with Gasteiger partial charge >= 0.3 is 0 Å². The minimum Gasteiger partial charge on any atom is -0.415 e. The maximum absolute atomic E-state index is 12.3. The summed E-state index contributed by atoms with van der Waals surface area (Å²) in [5.41, 5.74) is 1.64. The van der Waals surface area contributed by atoms with E-state index < -0.39 is 13.2 Å². The zero-order valence-corrected chi connectivity index (χ0v) is 16.1. The number of hydrogen-bond donors (Lipinski definition) is 0. The maximum Gasteiger partial charge on any atom is 0.271 e. The van der Waals surface area contributed by atoms with Crippen molar-refractivity contribution in [3.05, 3.63) is 33.9 Å². The molecule has 0 radical (unpaired) electrons. The van der Waals surface area contributed by atoms with Crippen LogP contribution in [0.15, 0.2) is 18.2 Å². The summed E-state index contributed by atoms with van der Waals surface area (Å²) in [6, 6.07) is 4.75. The van der Waals surface area contributed by atoms with Crippen LogP contribution in [0.1, 0.15) is 32.8 Å². The fourth-order valence-corrected chi connectivity index (χ4v) is 3.53. The molecule has 0 aromatic heterocycles. The second-order valence-electron chi connectivity index (χ2n) is 7.72. The summed E-state index contributed by atoms with van der Waals surface area (Å²) in [4.78, 5) is 24.5. The van der Waals surface area contributed by atoms with Crippen LogP contribution in [0.2, 0.25) is 18.1 Å². The number of nitrogens with zero attached hydrogens (tertiary/aromatic N) is 2. The van der Waals surface area contributed by atoms with Crippen molar-refractivity contribution >= 4 is 25.6 Å². The molecule has 1 aromatic carbocycles. The number of carbonyl (C=O) groups excluding carboxylic acids is 1. The van der Waals surface area contributed by atoms with Gasteiger partial charge in [-0.15, -0.1) is 0 Å². The van der Waals surface area contributed by atoms with E-state index >= 15 is 0 Å². The number of rotatable bonds is 5. The first-order valence-electron chi connectivity index (χ1n) is 8.24. The number of aryl methyl sites for hydroxylation is 1. The third-order valence-electron chi connectivity index (χ3n) is 5.06. The Hall–Kier alpha value is -1.73. The van der Waals surface area contributed by atoms with E-state index in [0.717, 1.165) is 5.56 Å². The number of non-ortho nitro benzene ring substituents is 1. The number of anilines is 1. The average molecular weight is 350 g/mol. The monoisotopic (exact) mass is 350 g/mol. The maximum atomic E-state index is 12.3. The second kappa shape index (κ2) is 6.64. The molecule has 1 amide bonds. The van der Waals surface area contributed by atoms with E-state index in [2.05, 4.69) is 33.9 Å². The smallest absolute Gasteiger partial charge is 0.271 e. The lowest BCUT2D eigenvalue weighted by molar-refractivity contribution is -0.384. The van der Waals surface area contributed by atoms with Crippen LogP contribution in [0.5, 0.6) is 0 Å². The lowest BCUT2D eigenvalue weighted by Crippen LogP contribution is -2.44. The fraction of sp³-hybridized carbons (Fsp3) is 0.588. The van der Waals surface area contributed by atoms with Crippen molar-refractivity contribution in [3.8, 4) is 0 Å². The number of carbonyl (C=O) groups is 1. The molecule has 24 heavy (non-hydrogen) atoms. The molecule has 0 N–H and O–H groups in total. The summed E-state index contributed by atoms with van der Waals surface area (Å²) in [5, 5.41) is 11.1. The Morgan fingerprint density at radius 2 is 1.96 bits per heavy atom. The summed E-state index contributed by atoms with van der Waals surface area (Å²) >= 11 is 0. The van der Waals surface area contributed by atoms with Crippen LogP contribution in [0.4, 0.5) is 11.4 Å². The summed E-state index contributed by atoms with van der Waals surface area (Å²) < 4.78 is 6.15. The number of fused-ring (bicyclic) bond motifs is 1. The van der Waals surface area contributed by atoms with Crippen molar-refractivity contribution < 1.29 is 14.1 Å². The van der Waals surface area contributed by atoms with Crippen molar-refractivity contribution in [1.29, 1.82) is 0 Å². The predicted molar refractivity (Wildman–Crippen MR) is 96.9 cm³/mol. The van der Waals surface area contributed by atoms with Gasteiger partial charge in [0.1, 0.15) is 0 Å². The lowest BCUT2D eigenvalue weighted by atomic mass is 10.0. The third-order valence-corrected chi connectivity index (χ3v) is 9.60. The molecular weight excluding hydrogens is 324 g/mol. The SMILES string of the molecule is CC(C)(C)[Si](C)(C)OCCN1C(=O)CCc2ccc([N+](=O)[O-])cc21. The zero-order chi connectivity index (χ0) is 18.1. The molecule has 1 aromatic rings. The van der Waals surface area contributed by atoms with E-state index in [1.165, 1.54) is 12.1 Å². The Bertz CT molecular complexity index is 652. The largest absolute Gasteiger partial charge is 0.415 e. The third kappa shape index (κ3) is 3.84. The Balaban J connectivity index is 2.15. The molecule has 0 spiro atoms. The first-order valence-corrected chi connectivity index (χ1v) is 11.2. The van der Waals surface area contributed by atoms with Gasteiger partial charge in [-0.2, -0.15) is 0 Å². The molecule has 1 aliphatic rings. The van der Waals surface area contributed by atoms with Crippen LogP contribution in [0.3, 0.4) is 0 Å². The van der Waals surface area contributed by atoms with Gasteiger partial charge in [-0.25, -0.2) is 0 Å². The molecular formula is C17H26N2O4Si. The van der Waals surface area contributed by atoms with Crippen molar-refractivity contribution in [2.24, 2.45) is 0 Å². The minimum absolute atomic E-state index is 0.00169. The molecule has 2 rings (SSSR count). The van der Waals surface area contributed by atoms with Gasteiger partial charge < -0.3 is 9.33 Å². The van der Waals surface area contributed by atoms with Crippen LogP contribution in [0, 0.1) is 10.1 Å². The van der Waals surface area contributed by atoms with Crippen molar-refractivity contribution in [3.63, 3.8) is 0 Å². The van der Waals surface area contributed by atoms with Crippen LogP contribution < -0.4 is 4.90 Å².